The van der Waals surface area contributed by atoms with Crippen LogP contribution in [0, 0.1) is 0 Å². The second-order valence-corrected chi connectivity index (χ2v) is 6.44. The Morgan fingerprint density at radius 1 is 0.905 bits per heavy atom. The van der Waals surface area contributed by atoms with Crippen molar-refractivity contribution in [1.82, 2.24) is 0 Å². The van der Waals surface area contributed by atoms with Crippen molar-refractivity contribution in [3.63, 3.8) is 0 Å². The van der Waals surface area contributed by atoms with E-state index in [2.05, 4.69) is 71.9 Å². The fraction of sp³-hybridized carbons (Fsp3) is 0.158. The zero-order valence-electron chi connectivity index (χ0n) is 12.0. The maximum atomic E-state index is 2.46. The third-order valence-corrected chi connectivity index (χ3v) is 5.07. The first-order valence-corrected chi connectivity index (χ1v) is 8.22. The van der Waals surface area contributed by atoms with Crippen molar-refractivity contribution < 1.29 is 0 Å². The predicted octanol–water partition coefficient (Wildman–Crippen LogP) is 5.74. The first kappa shape index (κ1) is 12.8. The topological polar surface area (TPSA) is 3.24 Å². The standard InChI is InChI=1S/C19H17NS/c1-2-13-20-19-16(14-7-4-3-5-8-14)12-11-15-9-6-10-17(21-20)18(15)19/h3-12H,2,13H2,1H3. The molecule has 21 heavy (non-hydrogen) atoms. The van der Waals surface area contributed by atoms with Gasteiger partial charge in [-0.2, -0.15) is 0 Å². The monoisotopic (exact) mass is 291 g/mol. The molecule has 0 aromatic heterocycles. The van der Waals surface area contributed by atoms with Crippen molar-refractivity contribution in [2.24, 2.45) is 0 Å². The summed E-state index contributed by atoms with van der Waals surface area (Å²) < 4.78 is 2.46. The van der Waals surface area contributed by atoms with Crippen molar-refractivity contribution in [3.05, 3.63) is 60.7 Å². The van der Waals surface area contributed by atoms with E-state index in [1.54, 1.807) is 0 Å². The van der Waals surface area contributed by atoms with Crippen LogP contribution in [0.1, 0.15) is 13.3 Å². The summed E-state index contributed by atoms with van der Waals surface area (Å²) in [6.07, 6.45) is 1.16. The summed E-state index contributed by atoms with van der Waals surface area (Å²) in [6, 6.07) is 21.8. The fourth-order valence-electron chi connectivity index (χ4n) is 3.04. The minimum absolute atomic E-state index is 1.08. The summed E-state index contributed by atoms with van der Waals surface area (Å²) in [7, 11) is 0. The third-order valence-electron chi connectivity index (χ3n) is 3.95. The Kier molecular flexibility index (Phi) is 3.12. The van der Waals surface area contributed by atoms with Crippen LogP contribution >= 0.6 is 11.9 Å². The summed E-state index contributed by atoms with van der Waals surface area (Å²) >= 11 is 1.88. The van der Waals surface area contributed by atoms with E-state index in [4.69, 9.17) is 0 Å². The van der Waals surface area contributed by atoms with Gasteiger partial charge in [0, 0.05) is 22.4 Å². The summed E-state index contributed by atoms with van der Waals surface area (Å²) in [5, 5.41) is 2.76. The molecular weight excluding hydrogens is 274 g/mol. The molecule has 0 saturated heterocycles. The fourth-order valence-corrected chi connectivity index (χ4v) is 4.28. The lowest BCUT2D eigenvalue weighted by Gasteiger charge is -2.20. The van der Waals surface area contributed by atoms with E-state index in [9.17, 15) is 0 Å². The molecule has 0 aliphatic carbocycles. The quantitative estimate of drug-likeness (QED) is 0.566. The van der Waals surface area contributed by atoms with Gasteiger partial charge in [0.2, 0.25) is 0 Å². The average Bonchev–Trinajstić information content (AvgIpc) is 2.90. The molecule has 3 aromatic carbocycles. The Balaban J connectivity index is 2.01. The van der Waals surface area contributed by atoms with Gasteiger partial charge in [-0.15, -0.1) is 0 Å². The highest BCUT2D eigenvalue weighted by Gasteiger charge is 2.25. The minimum atomic E-state index is 1.08. The summed E-state index contributed by atoms with van der Waals surface area (Å²) in [6.45, 7) is 3.32. The van der Waals surface area contributed by atoms with Gasteiger partial charge >= 0.3 is 0 Å². The largest absolute Gasteiger partial charge is 0.311 e. The molecule has 0 fully saturated rings. The van der Waals surface area contributed by atoms with Gasteiger partial charge in [-0.05, 0) is 35.4 Å². The molecule has 2 heteroatoms. The molecule has 0 N–H and O–H groups in total. The summed E-state index contributed by atoms with van der Waals surface area (Å²) in [5.74, 6) is 0. The predicted molar refractivity (Wildman–Crippen MR) is 92.9 cm³/mol. The molecule has 1 aliphatic rings. The van der Waals surface area contributed by atoms with Gasteiger partial charge in [-0.3, -0.25) is 0 Å². The second-order valence-electron chi connectivity index (χ2n) is 5.38. The third kappa shape index (κ3) is 2.02. The van der Waals surface area contributed by atoms with E-state index in [1.807, 2.05) is 11.9 Å². The molecule has 4 rings (SSSR count). The number of hydrogen-bond donors (Lipinski definition) is 0. The number of anilines is 1. The molecule has 0 radical (unpaired) electrons. The van der Waals surface area contributed by atoms with Crippen LogP contribution in [0.3, 0.4) is 0 Å². The van der Waals surface area contributed by atoms with E-state index in [0.717, 1.165) is 13.0 Å². The molecule has 3 aromatic rings. The number of rotatable bonds is 3. The van der Waals surface area contributed by atoms with Crippen LogP contribution in [0.4, 0.5) is 5.69 Å². The van der Waals surface area contributed by atoms with Crippen molar-refractivity contribution in [2.75, 3.05) is 10.8 Å². The Hall–Kier alpha value is -1.93. The van der Waals surface area contributed by atoms with Crippen LogP contribution in [0.15, 0.2) is 65.6 Å². The summed E-state index contributed by atoms with van der Waals surface area (Å²) in [4.78, 5) is 1.38. The average molecular weight is 291 g/mol. The van der Waals surface area contributed by atoms with Crippen LogP contribution in [0.5, 0.6) is 0 Å². The van der Waals surface area contributed by atoms with E-state index in [0.29, 0.717) is 0 Å². The lowest BCUT2D eigenvalue weighted by Crippen LogP contribution is -2.12. The molecule has 1 nitrogen and oxygen atoms in total. The van der Waals surface area contributed by atoms with Gasteiger partial charge in [0.15, 0.2) is 0 Å². The molecule has 0 saturated carbocycles. The lowest BCUT2D eigenvalue weighted by atomic mass is 9.98. The molecule has 1 heterocycles. The molecule has 0 spiro atoms. The van der Waals surface area contributed by atoms with Crippen molar-refractivity contribution in [1.29, 1.82) is 0 Å². The molecule has 0 amide bonds. The van der Waals surface area contributed by atoms with Crippen LogP contribution < -0.4 is 4.31 Å². The lowest BCUT2D eigenvalue weighted by molar-refractivity contribution is 0.936. The minimum Gasteiger partial charge on any atom is -0.311 e. The Morgan fingerprint density at radius 3 is 2.57 bits per heavy atom. The van der Waals surface area contributed by atoms with Gasteiger partial charge in [-0.1, -0.05) is 61.5 Å². The van der Waals surface area contributed by atoms with Crippen molar-refractivity contribution >= 4 is 28.4 Å². The molecule has 1 aliphatic heterocycles. The number of hydrogen-bond acceptors (Lipinski definition) is 2. The van der Waals surface area contributed by atoms with Gasteiger partial charge in [0.05, 0.1) is 5.69 Å². The number of nitrogens with zero attached hydrogens (tertiary/aromatic N) is 1. The van der Waals surface area contributed by atoms with Crippen LogP contribution in [-0.2, 0) is 0 Å². The molecule has 0 unspecified atom stereocenters. The Morgan fingerprint density at radius 2 is 1.76 bits per heavy atom. The maximum absolute atomic E-state index is 2.46. The molecular formula is C19H17NS. The van der Waals surface area contributed by atoms with Crippen molar-refractivity contribution in [2.45, 2.75) is 18.2 Å². The molecule has 0 atom stereocenters. The summed E-state index contributed by atoms with van der Waals surface area (Å²) in [5.41, 5.74) is 4.03. The first-order chi connectivity index (χ1) is 10.4. The van der Waals surface area contributed by atoms with Crippen LogP contribution in [0.25, 0.3) is 21.9 Å². The van der Waals surface area contributed by atoms with Gasteiger partial charge < -0.3 is 4.31 Å². The van der Waals surface area contributed by atoms with E-state index < -0.39 is 0 Å². The highest BCUT2D eigenvalue weighted by atomic mass is 32.2. The van der Waals surface area contributed by atoms with E-state index in [1.165, 1.54) is 32.5 Å². The Bertz CT molecular complexity index is 795. The molecule has 0 bridgehead atoms. The highest BCUT2D eigenvalue weighted by molar-refractivity contribution is 8.01. The SMILES string of the molecule is CCCN1Sc2cccc3ccc(-c4ccccc4)c1c23. The molecule has 104 valence electrons. The van der Waals surface area contributed by atoms with E-state index >= 15 is 0 Å². The van der Waals surface area contributed by atoms with Gasteiger partial charge in [0.25, 0.3) is 0 Å². The second kappa shape index (κ2) is 5.12. The van der Waals surface area contributed by atoms with Crippen LogP contribution in [0.2, 0.25) is 0 Å². The first-order valence-electron chi connectivity index (χ1n) is 7.45. The smallest absolute Gasteiger partial charge is 0.0641 e. The van der Waals surface area contributed by atoms with Crippen LogP contribution in [-0.4, -0.2) is 6.54 Å². The van der Waals surface area contributed by atoms with E-state index in [-0.39, 0.29) is 0 Å². The zero-order chi connectivity index (χ0) is 14.2. The van der Waals surface area contributed by atoms with Crippen molar-refractivity contribution in [3.8, 4) is 11.1 Å². The van der Waals surface area contributed by atoms with Gasteiger partial charge in [0.1, 0.15) is 0 Å². The van der Waals surface area contributed by atoms with Gasteiger partial charge in [-0.25, -0.2) is 0 Å². The highest BCUT2D eigenvalue weighted by Crippen LogP contribution is 2.50. The number of benzene rings is 3. The normalized spacial score (nSPS) is 13.1. The maximum Gasteiger partial charge on any atom is 0.0641 e. The Labute approximate surface area is 129 Å². The zero-order valence-corrected chi connectivity index (χ0v) is 12.9.